The molecule has 0 aliphatic rings. The van der Waals surface area contributed by atoms with Gasteiger partial charge in [0.05, 0.1) is 17.0 Å². The molecule has 3 aromatic rings. The van der Waals surface area contributed by atoms with E-state index in [-0.39, 0.29) is 5.91 Å². The number of carbonyl (C=O) groups is 1. The van der Waals surface area contributed by atoms with Crippen LogP contribution in [0.3, 0.4) is 0 Å². The Bertz CT molecular complexity index is 962. The van der Waals surface area contributed by atoms with Crippen molar-refractivity contribution in [2.45, 2.75) is 34.1 Å². The van der Waals surface area contributed by atoms with Gasteiger partial charge in [0, 0.05) is 31.5 Å². The molecule has 2 aromatic heterocycles. The second-order valence-electron chi connectivity index (χ2n) is 6.63. The van der Waals surface area contributed by atoms with Crippen LogP contribution < -0.4 is 5.32 Å². The van der Waals surface area contributed by atoms with Gasteiger partial charge >= 0.3 is 0 Å². The lowest BCUT2D eigenvalue weighted by Crippen LogP contribution is -2.27. The van der Waals surface area contributed by atoms with Crippen molar-refractivity contribution in [1.82, 2.24) is 19.9 Å². The Kier molecular flexibility index (Phi) is 5.86. The van der Waals surface area contributed by atoms with Crippen molar-refractivity contribution in [2.75, 3.05) is 19.8 Å². The lowest BCUT2D eigenvalue weighted by atomic mass is 10.0. The van der Waals surface area contributed by atoms with Crippen LogP contribution in [0.15, 0.2) is 30.5 Å². The van der Waals surface area contributed by atoms with E-state index in [4.69, 9.17) is 4.74 Å². The molecular formula is C21H26N4O2. The number of ether oxygens (including phenoxy) is 1. The van der Waals surface area contributed by atoms with Crippen LogP contribution in [0, 0.1) is 20.8 Å². The van der Waals surface area contributed by atoms with E-state index in [1.807, 2.05) is 26.8 Å². The third-order valence-corrected chi connectivity index (χ3v) is 4.57. The van der Waals surface area contributed by atoms with Crippen molar-refractivity contribution in [1.29, 1.82) is 0 Å². The van der Waals surface area contributed by atoms with E-state index < -0.39 is 0 Å². The van der Waals surface area contributed by atoms with Crippen LogP contribution in [0.4, 0.5) is 0 Å². The molecule has 0 fully saturated rings. The van der Waals surface area contributed by atoms with Crippen molar-refractivity contribution in [3.8, 4) is 11.1 Å². The lowest BCUT2D eigenvalue weighted by molar-refractivity contribution is 0.0942. The topological polar surface area (TPSA) is 68.5 Å². The Morgan fingerprint density at radius 3 is 2.81 bits per heavy atom. The van der Waals surface area contributed by atoms with Crippen LogP contribution in [0.2, 0.25) is 0 Å². The number of hydrogen-bond donors (Lipinski definition) is 1. The largest absolute Gasteiger partial charge is 0.382 e. The molecule has 0 spiro atoms. The van der Waals surface area contributed by atoms with Gasteiger partial charge < -0.3 is 10.1 Å². The fourth-order valence-corrected chi connectivity index (χ4v) is 3.18. The fourth-order valence-electron chi connectivity index (χ4n) is 3.18. The quantitative estimate of drug-likeness (QED) is 0.650. The highest BCUT2D eigenvalue weighted by Gasteiger charge is 2.18. The minimum Gasteiger partial charge on any atom is -0.382 e. The molecule has 1 aromatic carbocycles. The maximum atomic E-state index is 12.5. The van der Waals surface area contributed by atoms with Gasteiger partial charge in [-0.15, -0.1) is 0 Å². The molecule has 0 atom stereocenters. The molecule has 0 radical (unpaired) electrons. The van der Waals surface area contributed by atoms with Gasteiger partial charge in [-0.1, -0.05) is 29.8 Å². The highest BCUT2D eigenvalue weighted by atomic mass is 16.5. The molecule has 1 N–H and O–H groups in total. The molecule has 0 aliphatic carbocycles. The van der Waals surface area contributed by atoms with Crippen molar-refractivity contribution in [3.63, 3.8) is 0 Å². The van der Waals surface area contributed by atoms with Gasteiger partial charge in [-0.05, 0) is 39.7 Å². The highest BCUT2D eigenvalue weighted by molar-refractivity contribution is 5.95. The second kappa shape index (κ2) is 8.31. The minimum absolute atomic E-state index is 0.136. The molecule has 142 valence electrons. The number of aryl methyl sites for hydroxylation is 3. The maximum Gasteiger partial charge on any atom is 0.254 e. The zero-order chi connectivity index (χ0) is 19.4. The summed E-state index contributed by atoms with van der Waals surface area (Å²) in [7, 11) is 0. The number of nitrogens with zero attached hydrogens (tertiary/aromatic N) is 3. The first-order chi connectivity index (χ1) is 13.0. The molecule has 0 saturated carbocycles. The smallest absolute Gasteiger partial charge is 0.254 e. The minimum atomic E-state index is -0.136. The molecule has 0 unspecified atom stereocenters. The van der Waals surface area contributed by atoms with Crippen molar-refractivity contribution < 1.29 is 9.53 Å². The summed E-state index contributed by atoms with van der Waals surface area (Å²) < 4.78 is 7.06. The van der Waals surface area contributed by atoms with E-state index in [0.717, 1.165) is 34.6 Å². The van der Waals surface area contributed by atoms with Crippen LogP contribution in [-0.4, -0.2) is 40.3 Å². The second-order valence-corrected chi connectivity index (χ2v) is 6.63. The summed E-state index contributed by atoms with van der Waals surface area (Å²) >= 11 is 0. The molecule has 0 aliphatic heterocycles. The summed E-state index contributed by atoms with van der Waals surface area (Å²) in [4.78, 5) is 17.1. The summed E-state index contributed by atoms with van der Waals surface area (Å²) in [5.74, 6) is -0.136. The van der Waals surface area contributed by atoms with Gasteiger partial charge in [-0.3, -0.25) is 4.79 Å². The van der Waals surface area contributed by atoms with E-state index in [2.05, 4.69) is 40.5 Å². The van der Waals surface area contributed by atoms with E-state index in [0.29, 0.717) is 25.3 Å². The number of hydrogen-bond acceptors (Lipinski definition) is 4. The number of fused-ring (bicyclic) bond motifs is 1. The molecule has 27 heavy (non-hydrogen) atoms. The van der Waals surface area contributed by atoms with Crippen molar-refractivity contribution >= 4 is 11.6 Å². The van der Waals surface area contributed by atoms with Crippen LogP contribution >= 0.6 is 0 Å². The Morgan fingerprint density at radius 1 is 1.26 bits per heavy atom. The number of rotatable bonds is 7. The predicted octanol–water partition coefficient (Wildman–Crippen LogP) is 3.48. The average molecular weight is 366 g/mol. The van der Waals surface area contributed by atoms with Crippen LogP contribution in [0.25, 0.3) is 16.8 Å². The van der Waals surface area contributed by atoms with Gasteiger partial charge in [0.25, 0.3) is 5.91 Å². The zero-order valence-corrected chi connectivity index (χ0v) is 16.4. The number of aromatic nitrogens is 3. The molecule has 1 amide bonds. The Morgan fingerprint density at radius 2 is 2.07 bits per heavy atom. The lowest BCUT2D eigenvalue weighted by Gasteiger charge is -2.09. The number of carbonyl (C=O) groups excluding carboxylic acids is 1. The zero-order valence-electron chi connectivity index (χ0n) is 16.4. The van der Waals surface area contributed by atoms with Gasteiger partial charge in [0.15, 0.2) is 5.65 Å². The Labute approximate surface area is 159 Å². The molecule has 0 saturated heterocycles. The Balaban J connectivity index is 1.89. The number of benzene rings is 1. The summed E-state index contributed by atoms with van der Waals surface area (Å²) in [6, 6.07) is 8.29. The predicted molar refractivity (Wildman–Crippen MR) is 106 cm³/mol. The molecule has 6 heteroatoms. The summed E-state index contributed by atoms with van der Waals surface area (Å²) in [5, 5.41) is 7.56. The fraction of sp³-hybridized carbons (Fsp3) is 0.381. The highest BCUT2D eigenvalue weighted by Crippen LogP contribution is 2.28. The summed E-state index contributed by atoms with van der Waals surface area (Å²) in [6.45, 7) is 9.80. The molecule has 6 nitrogen and oxygen atoms in total. The van der Waals surface area contributed by atoms with Crippen molar-refractivity contribution in [2.24, 2.45) is 0 Å². The first kappa shape index (κ1) is 19.0. The van der Waals surface area contributed by atoms with Gasteiger partial charge in [-0.25, -0.2) is 9.50 Å². The van der Waals surface area contributed by atoms with E-state index in [1.54, 1.807) is 10.7 Å². The van der Waals surface area contributed by atoms with Crippen molar-refractivity contribution in [3.05, 3.63) is 53.0 Å². The summed E-state index contributed by atoms with van der Waals surface area (Å²) in [5.41, 5.74) is 6.26. The number of nitrogens with one attached hydrogen (secondary N) is 1. The monoisotopic (exact) mass is 366 g/mol. The molecule has 3 rings (SSSR count). The third kappa shape index (κ3) is 4.01. The van der Waals surface area contributed by atoms with Crippen LogP contribution in [-0.2, 0) is 4.74 Å². The van der Waals surface area contributed by atoms with Gasteiger partial charge in [-0.2, -0.15) is 5.10 Å². The first-order valence-electron chi connectivity index (χ1n) is 9.30. The average Bonchev–Trinajstić information content (AvgIpc) is 2.98. The van der Waals surface area contributed by atoms with E-state index >= 15 is 0 Å². The van der Waals surface area contributed by atoms with Gasteiger partial charge in [0.2, 0.25) is 0 Å². The number of amides is 1. The van der Waals surface area contributed by atoms with E-state index in [9.17, 15) is 4.79 Å². The standard InChI is InChI=1S/C21H26N4O2/c1-5-27-11-7-10-22-21(26)18-13-23-20-19(15(3)24-25(20)16(18)4)17-9-6-8-14(2)12-17/h6,8-9,12-13H,5,7,10-11H2,1-4H3,(H,22,26). The first-order valence-corrected chi connectivity index (χ1v) is 9.30. The molecular weight excluding hydrogens is 340 g/mol. The SMILES string of the molecule is CCOCCCNC(=O)c1cnc2c(-c3cccc(C)c3)c(C)nn2c1C. The molecule has 2 heterocycles. The normalized spacial score (nSPS) is 11.1. The Hall–Kier alpha value is -2.73. The van der Waals surface area contributed by atoms with Crippen LogP contribution in [0.5, 0.6) is 0 Å². The van der Waals surface area contributed by atoms with Gasteiger partial charge in [0.1, 0.15) is 0 Å². The van der Waals surface area contributed by atoms with E-state index in [1.165, 1.54) is 5.56 Å². The van der Waals surface area contributed by atoms with Crippen LogP contribution in [0.1, 0.15) is 40.7 Å². The molecule has 0 bridgehead atoms. The summed E-state index contributed by atoms with van der Waals surface area (Å²) in [6.07, 6.45) is 2.43. The third-order valence-electron chi connectivity index (χ3n) is 4.57. The maximum absolute atomic E-state index is 12.5.